The van der Waals surface area contributed by atoms with Crippen LogP contribution in [0.25, 0.3) is 11.0 Å². The Morgan fingerprint density at radius 3 is 2.57 bits per heavy atom. The number of fused-ring (bicyclic) bond motifs is 1. The fraction of sp³-hybridized carbons (Fsp3) is 0.364. The fourth-order valence-electron chi connectivity index (χ4n) is 4.06. The van der Waals surface area contributed by atoms with Crippen LogP contribution in [0.4, 0.5) is 23.0 Å². The number of carboxylic acid groups (broad SMARTS) is 1. The van der Waals surface area contributed by atoms with Crippen LogP contribution in [0.3, 0.4) is 0 Å². The highest BCUT2D eigenvalue weighted by Crippen LogP contribution is 2.29. The molecule has 30 heavy (non-hydrogen) atoms. The van der Waals surface area contributed by atoms with Gasteiger partial charge in [0.1, 0.15) is 22.8 Å². The van der Waals surface area contributed by atoms with Crippen LogP contribution in [-0.2, 0) is 18.9 Å². The highest BCUT2D eigenvalue weighted by Gasteiger charge is 2.30. The predicted molar refractivity (Wildman–Crippen MR) is 117 cm³/mol. The lowest BCUT2D eigenvalue weighted by Gasteiger charge is -2.23. The molecule has 4 rings (SSSR count). The summed E-state index contributed by atoms with van der Waals surface area (Å²) in [6.45, 7) is 0.762. The topological polar surface area (TPSA) is 77.3 Å². The second-order valence-corrected chi connectivity index (χ2v) is 7.89. The molecule has 0 radical (unpaired) electrons. The van der Waals surface area contributed by atoms with Crippen LogP contribution in [0.2, 0.25) is 0 Å². The van der Waals surface area contributed by atoms with E-state index >= 15 is 0 Å². The number of anilines is 2. The molecule has 1 fully saturated rings. The van der Waals surface area contributed by atoms with Crippen molar-refractivity contribution in [3.05, 3.63) is 42.5 Å². The van der Waals surface area contributed by atoms with E-state index in [0.29, 0.717) is 6.42 Å². The molecule has 0 saturated carbocycles. The first-order valence-corrected chi connectivity index (χ1v) is 10.0. The van der Waals surface area contributed by atoms with E-state index in [0.717, 1.165) is 47.0 Å². The van der Waals surface area contributed by atoms with Gasteiger partial charge in [-0.1, -0.05) is 5.11 Å². The van der Waals surface area contributed by atoms with Crippen LogP contribution < -0.4 is 14.4 Å². The number of azo groups is 1. The number of hydrogen-bond acceptors (Lipinski definition) is 5. The van der Waals surface area contributed by atoms with E-state index in [9.17, 15) is 9.90 Å². The monoisotopic (exact) mass is 407 g/mol. The number of aromatic nitrogens is 2. The highest BCUT2D eigenvalue weighted by atomic mass is 16.4. The van der Waals surface area contributed by atoms with Gasteiger partial charge in [-0.3, -0.25) is 0 Å². The molecule has 0 spiro atoms. The molecule has 1 aliphatic heterocycles. The normalized spacial score (nSPS) is 16.7. The van der Waals surface area contributed by atoms with Crippen molar-refractivity contribution in [2.24, 2.45) is 24.3 Å². The first-order chi connectivity index (χ1) is 14.4. The molecule has 8 nitrogen and oxygen atoms in total. The summed E-state index contributed by atoms with van der Waals surface area (Å²) >= 11 is 0. The molecular weight excluding hydrogens is 380 g/mol. The van der Waals surface area contributed by atoms with Gasteiger partial charge < -0.3 is 14.9 Å². The molecule has 0 amide bonds. The molecule has 1 unspecified atom stereocenters. The molecule has 3 aromatic rings. The molecule has 1 atom stereocenters. The number of benzene rings is 2. The fourth-order valence-corrected chi connectivity index (χ4v) is 4.06. The van der Waals surface area contributed by atoms with E-state index in [1.54, 1.807) is 0 Å². The molecule has 0 aliphatic carbocycles. The number of aryl methyl sites for hydroxylation is 2. The zero-order valence-corrected chi connectivity index (χ0v) is 17.8. The highest BCUT2D eigenvalue weighted by molar-refractivity contribution is 5.79. The minimum atomic E-state index is -0.767. The van der Waals surface area contributed by atoms with Crippen LogP contribution in [-0.4, -0.2) is 42.3 Å². The zero-order valence-electron chi connectivity index (χ0n) is 17.8. The Bertz CT molecular complexity index is 1120. The largest absolute Gasteiger partial charge is 0.480 e. The van der Waals surface area contributed by atoms with Gasteiger partial charge in [-0.05, 0) is 49.2 Å². The van der Waals surface area contributed by atoms with Crippen molar-refractivity contribution in [3.8, 4) is 0 Å². The Morgan fingerprint density at radius 1 is 1.17 bits per heavy atom. The molecule has 1 aromatic heterocycles. The minimum Gasteiger partial charge on any atom is -0.480 e. The van der Waals surface area contributed by atoms with Gasteiger partial charge in [-0.15, -0.1) is 0 Å². The molecule has 1 aliphatic rings. The summed E-state index contributed by atoms with van der Waals surface area (Å²) in [6.07, 6.45) is 1.58. The van der Waals surface area contributed by atoms with Crippen molar-refractivity contribution in [1.82, 2.24) is 4.57 Å². The molecule has 2 aromatic carbocycles. The number of hydrogen-bond donors (Lipinski definition) is 1. The van der Waals surface area contributed by atoms with Crippen LogP contribution in [0.5, 0.6) is 0 Å². The number of imidazole rings is 1. The Balaban J connectivity index is 1.59. The number of aliphatic carboxylic acids is 1. The van der Waals surface area contributed by atoms with E-state index in [2.05, 4.69) is 33.3 Å². The van der Waals surface area contributed by atoms with E-state index in [4.69, 9.17) is 0 Å². The van der Waals surface area contributed by atoms with Crippen molar-refractivity contribution in [2.75, 3.05) is 30.4 Å². The summed E-state index contributed by atoms with van der Waals surface area (Å²) in [4.78, 5) is 15.4. The maximum Gasteiger partial charge on any atom is 0.422 e. The van der Waals surface area contributed by atoms with E-state index < -0.39 is 12.0 Å². The van der Waals surface area contributed by atoms with Crippen LogP contribution in [0.1, 0.15) is 12.8 Å². The van der Waals surface area contributed by atoms with Gasteiger partial charge >= 0.3 is 11.9 Å². The van der Waals surface area contributed by atoms with E-state index in [1.807, 2.05) is 66.5 Å². The number of carboxylic acids is 1. The minimum absolute atomic E-state index is 0.445. The number of carbonyl (C=O) groups is 1. The Morgan fingerprint density at radius 2 is 1.90 bits per heavy atom. The summed E-state index contributed by atoms with van der Waals surface area (Å²) in [5, 5.41) is 18.3. The second kappa shape index (κ2) is 7.78. The van der Waals surface area contributed by atoms with Gasteiger partial charge in [0.2, 0.25) is 0 Å². The van der Waals surface area contributed by atoms with Crippen molar-refractivity contribution >= 4 is 40.0 Å². The van der Waals surface area contributed by atoms with Crippen LogP contribution in [0, 0.1) is 0 Å². The number of nitrogens with zero attached hydrogens (tertiary/aromatic N) is 6. The van der Waals surface area contributed by atoms with Crippen molar-refractivity contribution in [2.45, 2.75) is 18.9 Å². The first kappa shape index (κ1) is 19.9. The molecule has 1 saturated heterocycles. The second-order valence-electron chi connectivity index (χ2n) is 7.89. The standard InChI is InChI=1S/C22H26N6O2/c1-25(2)17-11-12-18-20(14-17)27(4)22(26(18)3)24-23-15-7-9-16(10-8-15)28-13-5-6-19(28)21(29)30/h7-12,14,19H,5-6,13H2,1-4H3/p+1. The third-order valence-corrected chi connectivity index (χ3v) is 5.77. The van der Waals surface area contributed by atoms with Gasteiger partial charge in [0, 0.05) is 43.2 Å². The smallest absolute Gasteiger partial charge is 0.422 e. The summed E-state index contributed by atoms with van der Waals surface area (Å²) in [6, 6.07) is 13.5. The average molecular weight is 407 g/mol. The van der Waals surface area contributed by atoms with E-state index in [1.165, 1.54) is 0 Å². The lowest BCUT2D eigenvalue weighted by molar-refractivity contribution is -0.632. The number of rotatable bonds is 5. The molecule has 8 heteroatoms. The molecule has 0 bridgehead atoms. The maximum absolute atomic E-state index is 11.4. The summed E-state index contributed by atoms with van der Waals surface area (Å²) in [5.41, 5.74) is 4.93. The summed E-state index contributed by atoms with van der Waals surface area (Å²) < 4.78 is 4.05. The quantitative estimate of drug-likeness (QED) is 0.518. The zero-order chi connectivity index (χ0) is 21.4. The molecule has 1 N–H and O–H groups in total. The van der Waals surface area contributed by atoms with Crippen molar-refractivity contribution < 1.29 is 14.5 Å². The third-order valence-electron chi connectivity index (χ3n) is 5.77. The van der Waals surface area contributed by atoms with Crippen LogP contribution in [0.15, 0.2) is 52.7 Å². The maximum atomic E-state index is 11.4. The molecule has 156 valence electrons. The average Bonchev–Trinajstić information content (AvgIpc) is 3.31. The van der Waals surface area contributed by atoms with Gasteiger partial charge in [0.25, 0.3) is 0 Å². The van der Waals surface area contributed by atoms with Crippen LogP contribution >= 0.6 is 0 Å². The van der Waals surface area contributed by atoms with Crippen molar-refractivity contribution in [1.29, 1.82) is 0 Å². The first-order valence-electron chi connectivity index (χ1n) is 10.0. The van der Waals surface area contributed by atoms with Gasteiger partial charge in [-0.2, -0.15) is 0 Å². The Kier molecular flexibility index (Phi) is 5.15. The molecular formula is C22H27N6O2+. The lowest BCUT2D eigenvalue weighted by atomic mass is 10.2. The van der Waals surface area contributed by atoms with Gasteiger partial charge in [-0.25, -0.2) is 13.9 Å². The predicted octanol–water partition coefficient (Wildman–Crippen LogP) is 3.54. The van der Waals surface area contributed by atoms with Gasteiger partial charge in [0.15, 0.2) is 0 Å². The Hall–Kier alpha value is -3.42. The third kappa shape index (κ3) is 3.49. The summed E-state index contributed by atoms with van der Waals surface area (Å²) in [7, 11) is 8.01. The molecule has 2 heterocycles. The summed E-state index contributed by atoms with van der Waals surface area (Å²) in [5.74, 6) is -0.0209. The van der Waals surface area contributed by atoms with Crippen molar-refractivity contribution in [3.63, 3.8) is 0 Å². The Labute approximate surface area is 175 Å². The lowest BCUT2D eigenvalue weighted by Crippen LogP contribution is -2.35. The SMILES string of the molecule is CN(C)c1ccc2c(c1)n(C)c(/N=N/c1ccc(N3CCCC3C(=O)O)cc1)[n+]2C. The van der Waals surface area contributed by atoms with E-state index in [-0.39, 0.29) is 0 Å². The van der Waals surface area contributed by atoms with Gasteiger partial charge in [0.05, 0.1) is 14.1 Å².